The molecule has 0 aliphatic heterocycles. The summed E-state index contributed by atoms with van der Waals surface area (Å²) < 4.78 is 21.7. The van der Waals surface area contributed by atoms with Gasteiger partial charge in [-0.15, -0.1) is 0 Å². The van der Waals surface area contributed by atoms with E-state index in [2.05, 4.69) is 27.7 Å². The molecule has 7 nitrogen and oxygen atoms in total. The molecule has 0 aliphatic rings. The van der Waals surface area contributed by atoms with Gasteiger partial charge < -0.3 is 24.1 Å². The Morgan fingerprint density at radius 2 is 1.21 bits per heavy atom. The van der Waals surface area contributed by atoms with E-state index in [1.54, 1.807) is 0 Å². The molecule has 2 unspecified atom stereocenters. The normalized spacial score (nSPS) is 13.6. The van der Waals surface area contributed by atoms with Crippen LogP contribution in [0.4, 0.5) is 0 Å². The zero-order chi connectivity index (χ0) is 25.5. The molecule has 0 fully saturated rings. The largest absolute Gasteiger partial charge is 0.502 e. The van der Waals surface area contributed by atoms with E-state index in [9.17, 15) is 14.7 Å². The number of carbonyl (C=O) groups excluding carboxylic acids is 2. The fourth-order valence-corrected chi connectivity index (χ4v) is 3.81. The predicted octanol–water partition coefficient (Wildman–Crippen LogP) is 6.01. The number of esters is 2. The number of unbranched alkanes of at least 4 members (excludes halogenated alkanes) is 2. The molecule has 0 saturated heterocycles. The molecule has 0 saturated carbocycles. The first-order valence-corrected chi connectivity index (χ1v) is 12.6. The minimum atomic E-state index is -1.30. The van der Waals surface area contributed by atoms with Crippen molar-refractivity contribution < 1.29 is 33.6 Å². The van der Waals surface area contributed by atoms with Gasteiger partial charge in [0.1, 0.15) is 0 Å². The van der Waals surface area contributed by atoms with Gasteiger partial charge in [0.2, 0.25) is 5.75 Å². The van der Waals surface area contributed by atoms with Crippen molar-refractivity contribution in [2.75, 3.05) is 27.4 Å². The van der Waals surface area contributed by atoms with Crippen LogP contribution < -0.4 is 9.47 Å². The summed E-state index contributed by atoms with van der Waals surface area (Å²) in [5, 5.41) is 10.3. The Hall–Kier alpha value is -2.44. The van der Waals surface area contributed by atoms with Crippen molar-refractivity contribution in [3.05, 3.63) is 17.7 Å². The molecule has 2 atom stereocenters. The van der Waals surface area contributed by atoms with Gasteiger partial charge in [-0.3, -0.25) is 9.59 Å². The first-order chi connectivity index (χ1) is 16.4. The Bertz CT molecular complexity index is 689. The van der Waals surface area contributed by atoms with Crippen LogP contribution in [0, 0.1) is 11.8 Å². The third-order valence-corrected chi connectivity index (χ3v) is 6.32. The van der Waals surface area contributed by atoms with Crippen LogP contribution in [0.25, 0.3) is 0 Å². The van der Waals surface area contributed by atoms with Crippen LogP contribution in [-0.4, -0.2) is 44.5 Å². The quantitative estimate of drug-likeness (QED) is 0.215. The standard InChI is InChI=1S/C27H44O7/c1-7-11-13-19(9-3)17-33-26(29)24(27(30)34-18-20(10-4)14-12-8-2)21-15-22(31-5)25(28)23(16-21)32-6/h15-16,19-20,24,28H,7-14,17-18H2,1-6H3. The second-order valence-electron chi connectivity index (χ2n) is 8.80. The third-order valence-electron chi connectivity index (χ3n) is 6.32. The van der Waals surface area contributed by atoms with Crippen molar-refractivity contribution in [1.82, 2.24) is 0 Å². The van der Waals surface area contributed by atoms with Crippen molar-refractivity contribution in [2.24, 2.45) is 11.8 Å². The Labute approximate surface area is 205 Å². The molecule has 194 valence electrons. The predicted molar refractivity (Wildman–Crippen MR) is 132 cm³/mol. The van der Waals surface area contributed by atoms with Gasteiger partial charge in [0.05, 0.1) is 27.4 Å². The van der Waals surface area contributed by atoms with Crippen molar-refractivity contribution in [3.8, 4) is 17.2 Å². The van der Waals surface area contributed by atoms with Crippen LogP contribution >= 0.6 is 0 Å². The van der Waals surface area contributed by atoms with Crippen LogP contribution in [0.3, 0.4) is 0 Å². The van der Waals surface area contributed by atoms with E-state index in [-0.39, 0.29) is 42.3 Å². The maximum atomic E-state index is 13.2. The van der Waals surface area contributed by atoms with Crippen LogP contribution in [0.5, 0.6) is 17.2 Å². The number of hydrogen-bond donors (Lipinski definition) is 1. The number of carbonyl (C=O) groups is 2. The first-order valence-electron chi connectivity index (χ1n) is 12.6. The molecule has 0 amide bonds. The molecule has 0 bridgehead atoms. The molecular formula is C27H44O7. The fraction of sp³-hybridized carbons (Fsp3) is 0.704. The van der Waals surface area contributed by atoms with Gasteiger partial charge in [-0.2, -0.15) is 0 Å². The van der Waals surface area contributed by atoms with E-state index in [1.807, 2.05) is 0 Å². The van der Waals surface area contributed by atoms with E-state index in [4.69, 9.17) is 18.9 Å². The molecule has 0 spiro atoms. The van der Waals surface area contributed by atoms with Gasteiger partial charge in [0, 0.05) is 0 Å². The van der Waals surface area contributed by atoms with Crippen molar-refractivity contribution in [2.45, 2.75) is 85.0 Å². The monoisotopic (exact) mass is 480 g/mol. The van der Waals surface area contributed by atoms with Crippen molar-refractivity contribution in [3.63, 3.8) is 0 Å². The number of methoxy groups -OCH3 is 2. The van der Waals surface area contributed by atoms with E-state index in [1.165, 1.54) is 26.4 Å². The number of rotatable bonds is 17. The lowest BCUT2D eigenvalue weighted by atomic mass is 9.97. The number of phenols is 1. The van der Waals surface area contributed by atoms with E-state index >= 15 is 0 Å². The lowest BCUT2D eigenvalue weighted by Crippen LogP contribution is -2.29. The molecule has 1 aromatic carbocycles. The molecule has 0 heterocycles. The van der Waals surface area contributed by atoms with Crippen LogP contribution in [-0.2, 0) is 19.1 Å². The summed E-state index contributed by atoms with van der Waals surface area (Å²) in [7, 11) is 2.78. The summed E-state index contributed by atoms with van der Waals surface area (Å²) in [6.07, 6.45) is 7.97. The highest BCUT2D eigenvalue weighted by atomic mass is 16.6. The highest BCUT2D eigenvalue weighted by molar-refractivity contribution is 6.01. The van der Waals surface area contributed by atoms with E-state index in [0.717, 1.165) is 51.4 Å². The lowest BCUT2D eigenvalue weighted by molar-refractivity contribution is -0.159. The van der Waals surface area contributed by atoms with Gasteiger partial charge in [0.15, 0.2) is 17.4 Å². The Kier molecular flexibility index (Phi) is 14.1. The second-order valence-corrected chi connectivity index (χ2v) is 8.80. The molecule has 1 N–H and O–H groups in total. The summed E-state index contributed by atoms with van der Waals surface area (Å²) in [5.41, 5.74) is 0.296. The summed E-state index contributed by atoms with van der Waals surface area (Å²) in [6.45, 7) is 8.88. The smallest absolute Gasteiger partial charge is 0.324 e. The van der Waals surface area contributed by atoms with Crippen LogP contribution in [0.15, 0.2) is 12.1 Å². The summed E-state index contributed by atoms with van der Waals surface area (Å²) >= 11 is 0. The molecule has 1 rings (SSSR count). The highest BCUT2D eigenvalue weighted by Crippen LogP contribution is 2.39. The molecule has 0 aromatic heterocycles. The van der Waals surface area contributed by atoms with Crippen LogP contribution in [0.1, 0.15) is 90.5 Å². The number of ether oxygens (including phenoxy) is 4. The maximum Gasteiger partial charge on any atom is 0.324 e. The van der Waals surface area contributed by atoms with Crippen LogP contribution in [0.2, 0.25) is 0 Å². The SMILES string of the molecule is CCCCC(CC)COC(=O)C(C(=O)OCC(CC)CCCC)c1cc(OC)c(O)c(OC)c1. The maximum absolute atomic E-state index is 13.2. The summed E-state index contributed by atoms with van der Waals surface area (Å²) in [4.78, 5) is 26.4. The topological polar surface area (TPSA) is 91.3 Å². The average molecular weight is 481 g/mol. The van der Waals surface area contributed by atoms with Crippen molar-refractivity contribution >= 4 is 11.9 Å². The summed E-state index contributed by atoms with van der Waals surface area (Å²) in [6, 6.07) is 2.90. The number of hydrogen-bond acceptors (Lipinski definition) is 7. The number of phenolic OH excluding ortho intramolecular Hbond substituents is 1. The third kappa shape index (κ3) is 9.07. The van der Waals surface area contributed by atoms with Gasteiger partial charge in [0.25, 0.3) is 0 Å². The van der Waals surface area contributed by atoms with Gasteiger partial charge in [-0.05, 0) is 42.4 Å². The lowest BCUT2D eigenvalue weighted by Gasteiger charge is -2.21. The second kappa shape index (κ2) is 16.2. The Balaban J connectivity index is 3.16. The van der Waals surface area contributed by atoms with Gasteiger partial charge >= 0.3 is 11.9 Å². The first kappa shape index (κ1) is 29.6. The molecular weight excluding hydrogens is 436 g/mol. The highest BCUT2D eigenvalue weighted by Gasteiger charge is 2.34. The molecule has 1 aromatic rings. The number of aromatic hydroxyl groups is 1. The Morgan fingerprint density at radius 3 is 1.53 bits per heavy atom. The van der Waals surface area contributed by atoms with E-state index < -0.39 is 17.9 Å². The van der Waals surface area contributed by atoms with E-state index in [0.29, 0.717) is 5.56 Å². The molecule has 0 radical (unpaired) electrons. The fourth-order valence-electron chi connectivity index (χ4n) is 3.81. The molecule has 0 aliphatic carbocycles. The molecule has 34 heavy (non-hydrogen) atoms. The average Bonchev–Trinajstić information content (AvgIpc) is 2.85. The van der Waals surface area contributed by atoms with Gasteiger partial charge in [-0.25, -0.2) is 0 Å². The minimum Gasteiger partial charge on any atom is -0.502 e. The minimum absolute atomic E-state index is 0.101. The zero-order valence-corrected chi connectivity index (χ0v) is 21.9. The van der Waals surface area contributed by atoms with Gasteiger partial charge in [-0.1, -0.05) is 66.2 Å². The molecule has 7 heteroatoms. The van der Waals surface area contributed by atoms with Crippen molar-refractivity contribution in [1.29, 1.82) is 0 Å². The number of benzene rings is 1. The summed E-state index contributed by atoms with van der Waals surface area (Å²) in [5.74, 6) is -2.16. The zero-order valence-electron chi connectivity index (χ0n) is 21.9. The Morgan fingerprint density at radius 1 is 0.794 bits per heavy atom.